The molecule has 0 radical (unpaired) electrons. The van der Waals surface area contributed by atoms with Gasteiger partial charge < -0.3 is 11.5 Å². The molecule has 0 bridgehead atoms. The maximum absolute atomic E-state index is 13.3. The fraction of sp³-hybridized carbons (Fsp3) is 0.200. The van der Waals surface area contributed by atoms with Crippen molar-refractivity contribution < 1.29 is 4.39 Å². The van der Waals surface area contributed by atoms with Crippen LogP contribution >= 0.6 is 11.3 Å². The number of hydrogen-bond donors (Lipinski definition) is 2. The van der Waals surface area contributed by atoms with Gasteiger partial charge in [-0.1, -0.05) is 12.1 Å². The first-order valence-corrected chi connectivity index (χ1v) is 5.17. The molecule has 0 fully saturated rings. The number of fused-ring (bicyclic) bond motifs is 1. The molecular weight excluding hydrogens is 199 g/mol. The van der Waals surface area contributed by atoms with Gasteiger partial charge in [-0.3, -0.25) is 0 Å². The van der Waals surface area contributed by atoms with Gasteiger partial charge in [0.1, 0.15) is 5.82 Å². The predicted octanol–water partition coefficient (Wildman–Crippen LogP) is 2.00. The van der Waals surface area contributed by atoms with Crippen LogP contribution in [0.3, 0.4) is 0 Å². The smallest absolute Gasteiger partial charge is 0.140 e. The summed E-state index contributed by atoms with van der Waals surface area (Å²) in [5.41, 5.74) is 11.2. The van der Waals surface area contributed by atoms with Crippen molar-refractivity contribution in [2.45, 2.75) is 6.04 Å². The number of benzene rings is 1. The van der Waals surface area contributed by atoms with Gasteiger partial charge >= 0.3 is 0 Å². The predicted molar refractivity (Wildman–Crippen MR) is 57.8 cm³/mol. The normalized spacial score (nSPS) is 13.4. The van der Waals surface area contributed by atoms with Gasteiger partial charge in [0.2, 0.25) is 0 Å². The highest BCUT2D eigenvalue weighted by molar-refractivity contribution is 7.19. The van der Waals surface area contributed by atoms with Crippen LogP contribution in [-0.2, 0) is 0 Å². The molecule has 1 heterocycles. The van der Waals surface area contributed by atoms with Crippen LogP contribution < -0.4 is 11.5 Å². The lowest BCUT2D eigenvalue weighted by atomic mass is 10.2. The summed E-state index contributed by atoms with van der Waals surface area (Å²) in [7, 11) is 0. The molecule has 4 heteroatoms. The zero-order chi connectivity index (χ0) is 10.1. The second-order valence-electron chi connectivity index (χ2n) is 3.15. The average Bonchev–Trinajstić information content (AvgIpc) is 2.62. The Balaban J connectivity index is 2.56. The molecular formula is C10H11FN2S. The molecule has 1 aromatic heterocycles. The Morgan fingerprint density at radius 2 is 2.21 bits per heavy atom. The molecule has 1 atom stereocenters. The standard InChI is InChI=1S/C10H11FN2S/c11-7-3-1-2-6-4-9(8(13)5-12)14-10(6)7/h1-4,8H,5,12-13H2/t8-/m1/s1. The van der Waals surface area contributed by atoms with Crippen LogP contribution in [0.4, 0.5) is 4.39 Å². The minimum absolute atomic E-state index is 0.188. The number of nitrogens with two attached hydrogens (primary N) is 2. The van der Waals surface area contributed by atoms with E-state index in [9.17, 15) is 4.39 Å². The molecule has 0 saturated heterocycles. The van der Waals surface area contributed by atoms with Crippen LogP contribution in [0.2, 0.25) is 0 Å². The van der Waals surface area contributed by atoms with E-state index < -0.39 is 0 Å². The Labute approximate surface area is 85.3 Å². The van der Waals surface area contributed by atoms with Gasteiger partial charge in [-0.05, 0) is 17.5 Å². The first kappa shape index (κ1) is 9.58. The highest BCUT2D eigenvalue weighted by Gasteiger charge is 2.10. The van der Waals surface area contributed by atoms with E-state index >= 15 is 0 Å². The Bertz CT molecular complexity index is 452. The van der Waals surface area contributed by atoms with Crippen molar-refractivity contribution >= 4 is 21.4 Å². The summed E-state index contributed by atoms with van der Waals surface area (Å²) < 4.78 is 14.0. The van der Waals surface area contributed by atoms with Crippen molar-refractivity contribution in [3.05, 3.63) is 35.0 Å². The van der Waals surface area contributed by atoms with Gasteiger partial charge in [0.25, 0.3) is 0 Å². The lowest BCUT2D eigenvalue weighted by Crippen LogP contribution is -2.19. The molecule has 0 unspecified atom stereocenters. The largest absolute Gasteiger partial charge is 0.329 e. The summed E-state index contributed by atoms with van der Waals surface area (Å²) in [5.74, 6) is -0.192. The maximum Gasteiger partial charge on any atom is 0.140 e. The first-order valence-electron chi connectivity index (χ1n) is 4.36. The molecule has 0 spiro atoms. The molecule has 2 aromatic rings. The van der Waals surface area contributed by atoms with Crippen LogP contribution in [0.5, 0.6) is 0 Å². The van der Waals surface area contributed by atoms with Crippen molar-refractivity contribution in [1.82, 2.24) is 0 Å². The van der Waals surface area contributed by atoms with Crippen LogP contribution in [0.1, 0.15) is 10.9 Å². The molecule has 2 rings (SSSR count). The third-order valence-electron chi connectivity index (χ3n) is 2.13. The van der Waals surface area contributed by atoms with Gasteiger partial charge in [-0.25, -0.2) is 4.39 Å². The van der Waals surface area contributed by atoms with Crippen molar-refractivity contribution in [3.63, 3.8) is 0 Å². The van der Waals surface area contributed by atoms with Crippen molar-refractivity contribution in [2.75, 3.05) is 6.54 Å². The third-order valence-corrected chi connectivity index (χ3v) is 3.43. The second-order valence-corrected chi connectivity index (χ2v) is 4.23. The van der Waals surface area contributed by atoms with Gasteiger partial charge in [-0.15, -0.1) is 11.3 Å². The summed E-state index contributed by atoms with van der Waals surface area (Å²) in [6.45, 7) is 0.383. The minimum Gasteiger partial charge on any atom is -0.329 e. The summed E-state index contributed by atoms with van der Waals surface area (Å²) in [5, 5.41) is 0.897. The molecule has 0 saturated carbocycles. The highest BCUT2D eigenvalue weighted by atomic mass is 32.1. The van der Waals surface area contributed by atoms with Crippen molar-refractivity contribution in [1.29, 1.82) is 0 Å². The van der Waals surface area contributed by atoms with Crippen LogP contribution in [0.15, 0.2) is 24.3 Å². The molecule has 74 valence electrons. The lowest BCUT2D eigenvalue weighted by molar-refractivity contribution is 0.642. The number of rotatable bonds is 2. The van der Waals surface area contributed by atoms with Gasteiger partial charge in [0, 0.05) is 11.4 Å². The second kappa shape index (κ2) is 3.65. The van der Waals surface area contributed by atoms with E-state index in [-0.39, 0.29) is 11.9 Å². The van der Waals surface area contributed by atoms with Crippen LogP contribution in [0, 0.1) is 5.82 Å². The summed E-state index contributed by atoms with van der Waals surface area (Å²) in [6, 6.07) is 6.74. The van der Waals surface area contributed by atoms with Gasteiger partial charge in [-0.2, -0.15) is 0 Å². The summed E-state index contributed by atoms with van der Waals surface area (Å²) in [6.07, 6.45) is 0. The molecule has 0 aliphatic rings. The zero-order valence-corrected chi connectivity index (χ0v) is 8.35. The van der Waals surface area contributed by atoms with Crippen LogP contribution in [0.25, 0.3) is 10.1 Å². The summed E-state index contributed by atoms with van der Waals surface area (Å²) in [4.78, 5) is 0.938. The van der Waals surface area contributed by atoms with E-state index in [4.69, 9.17) is 11.5 Å². The Kier molecular flexibility index (Phi) is 2.50. The van der Waals surface area contributed by atoms with E-state index in [2.05, 4.69) is 0 Å². The average molecular weight is 210 g/mol. The molecule has 0 aliphatic carbocycles. The van der Waals surface area contributed by atoms with E-state index in [1.54, 1.807) is 6.07 Å². The number of thiophene rings is 1. The SMILES string of the molecule is NC[C@@H](N)c1cc2cccc(F)c2s1. The minimum atomic E-state index is -0.192. The topological polar surface area (TPSA) is 52.0 Å². The molecule has 0 amide bonds. The monoisotopic (exact) mass is 210 g/mol. The molecule has 1 aromatic carbocycles. The fourth-order valence-electron chi connectivity index (χ4n) is 1.35. The van der Waals surface area contributed by atoms with Crippen LogP contribution in [-0.4, -0.2) is 6.54 Å². The Morgan fingerprint density at radius 1 is 1.43 bits per heavy atom. The quantitative estimate of drug-likeness (QED) is 0.796. The maximum atomic E-state index is 13.3. The molecule has 0 aliphatic heterocycles. The first-order chi connectivity index (χ1) is 6.72. The third kappa shape index (κ3) is 1.52. The molecule has 4 N–H and O–H groups in total. The Morgan fingerprint density at radius 3 is 2.86 bits per heavy atom. The number of hydrogen-bond acceptors (Lipinski definition) is 3. The van der Waals surface area contributed by atoms with Crippen molar-refractivity contribution in [2.24, 2.45) is 11.5 Å². The van der Waals surface area contributed by atoms with Crippen molar-refractivity contribution in [3.8, 4) is 0 Å². The zero-order valence-electron chi connectivity index (χ0n) is 7.53. The van der Waals surface area contributed by atoms with E-state index in [0.717, 1.165) is 10.3 Å². The van der Waals surface area contributed by atoms with Gasteiger partial charge in [0.05, 0.1) is 10.7 Å². The van der Waals surface area contributed by atoms with Gasteiger partial charge in [0.15, 0.2) is 0 Å². The van der Waals surface area contributed by atoms with E-state index in [0.29, 0.717) is 11.2 Å². The summed E-state index contributed by atoms with van der Waals surface area (Å²) >= 11 is 1.38. The van der Waals surface area contributed by atoms with E-state index in [1.165, 1.54) is 17.4 Å². The van der Waals surface area contributed by atoms with E-state index in [1.807, 2.05) is 12.1 Å². The lowest BCUT2D eigenvalue weighted by Gasteiger charge is -2.03. The Hall–Kier alpha value is -0.970. The molecule has 14 heavy (non-hydrogen) atoms. The fourth-order valence-corrected chi connectivity index (χ4v) is 2.43. The number of halogens is 1. The highest BCUT2D eigenvalue weighted by Crippen LogP contribution is 2.30. The molecule has 2 nitrogen and oxygen atoms in total.